The number of hydrogen-bond donors (Lipinski definition) is 2. The molecule has 1 rings (SSSR count). The van der Waals surface area contributed by atoms with Crippen molar-refractivity contribution in [2.24, 2.45) is 0 Å². The van der Waals surface area contributed by atoms with Gasteiger partial charge in [0.1, 0.15) is 0 Å². The third kappa shape index (κ3) is 4.13. The molecule has 100 valence electrons. The van der Waals surface area contributed by atoms with Gasteiger partial charge in [0, 0.05) is 19.1 Å². The molecule has 0 amide bonds. The second kappa shape index (κ2) is 5.98. The first-order valence-electron chi connectivity index (χ1n) is 6.06. The third-order valence-corrected chi connectivity index (χ3v) is 2.93. The summed E-state index contributed by atoms with van der Waals surface area (Å²) in [6.07, 6.45) is 0. The summed E-state index contributed by atoms with van der Waals surface area (Å²) in [7, 11) is 0. The first-order chi connectivity index (χ1) is 8.33. The Labute approximate surface area is 108 Å². The van der Waals surface area contributed by atoms with E-state index in [2.05, 4.69) is 0 Å². The molecule has 0 aliphatic carbocycles. The van der Waals surface area contributed by atoms with E-state index in [4.69, 9.17) is 5.11 Å². The van der Waals surface area contributed by atoms with Gasteiger partial charge in [0.2, 0.25) is 0 Å². The minimum atomic E-state index is -1.72. The summed E-state index contributed by atoms with van der Waals surface area (Å²) in [5.41, 5.74) is -0.619. The van der Waals surface area contributed by atoms with Gasteiger partial charge in [-0.15, -0.1) is 0 Å². The average Bonchev–Trinajstić information content (AvgIpc) is 2.29. The van der Waals surface area contributed by atoms with Crippen molar-refractivity contribution in [2.75, 3.05) is 6.54 Å². The van der Waals surface area contributed by atoms with E-state index >= 15 is 0 Å². The van der Waals surface area contributed by atoms with Crippen molar-refractivity contribution in [2.45, 2.75) is 39.0 Å². The van der Waals surface area contributed by atoms with Crippen molar-refractivity contribution in [3.05, 3.63) is 35.9 Å². The van der Waals surface area contributed by atoms with E-state index in [0.29, 0.717) is 6.54 Å². The summed E-state index contributed by atoms with van der Waals surface area (Å²) in [5, 5.41) is 18.8. The van der Waals surface area contributed by atoms with Gasteiger partial charge in [0.15, 0.2) is 5.60 Å². The minimum absolute atomic E-state index is 0.106. The van der Waals surface area contributed by atoms with Crippen LogP contribution in [0.25, 0.3) is 0 Å². The Morgan fingerprint density at radius 2 is 1.89 bits per heavy atom. The van der Waals surface area contributed by atoms with Crippen LogP contribution in [0.1, 0.15) is 26.3 Å². The van der Waals surface area contributed by atoms with Gasteiger partial charge in [-0.1, -0.05) is 30.3 Å². The number of rotatable bonds is 6. The fraction of sp³-hybridized carbons (Fsp3) is 0.500. The van der Waals surface area contributed by atoms with Crippen LogP contribution < -0.4 is 0 Å². The molecule has 0 spiro atoms. The van der Waals surface area contributed by atoms with Gasteiger partial charge in [-0.3, -0.25) is 4.90 Å². The van der Waals surface area contributed by atoms with Gasteiger partial charge in [-0.05, 0) is 26.3 Å². The number of carboxylic acids is 1. The molecule has 0 saturated carbocycles. The molecule has 0 saturated heterocycles. The van der Waals surface area contributed by atoms with Crippen LogP contribution in [0, 0.1) is 0 Å². The molecule has 0 aromatic heterocycles. The highest BCUT2D eigenvalue weighted by Crippen LogP contribution is 2.13. The van der Waals surface area contributed by atoms with Crippen molar-refractivity contribution >= 4 is 5.97 Å². The zero-order valence-electron chi connectivity index (χ0n) is 11.1. The smallest absolute Gasteiger partial charge is 0.336 e. The molecule has 0 bridgehead atoms. The largest absolute Gasteiger partial charge is 0.479 e. The van der Waals surface area contributed by atoms with E-state index in [1.165, 1.54) is 6.92 Å². The fourth-order valence-electron chi connectivity index (χ4n) is 1.70. The van der Waals surface area contributed by atoms with E-state index < -0.39 is 11.6 Å². The molecule has 1 unspecified atom stereocenters. The number of hydrogen-bond acceptors (Lipinski definition) is 3. The zero-order chi connectivity index (χ0) is 13.8. The topological polar surface area (TPSA) is 60.8 Å². The molecule has 0 heterocycles. The highest BCUT2D eigenvalue weighted by molar-refractivity contribution is 5.76. The number of carboxylic acid groups (broad SMARTS) is 1. The van der Waals surface area contributed by atoms with Gasteiger partial charge in [0.25, 0.3) is 0 Å². The maximum Gasteiger partial charge on any atom is 0.336 e. The number of nitrogens with zero attached hydrogens (tertiary/aromatic N) is 1. The maximum absolute atomic E-state index is 11.0. The Morgan fingerprint density at radius 3 is 2.33 bits per heavy atom. The zero-order valence-corrected chi connectivity index (χ0v) is 11.1. The fourth-order valence-corrected chi connectivity index (χ4v) is 1.70. The lowest BCUT2D eigenvalue weighted by atomic mass is 10.1. The molecule has 4 heteroatoms. The summed E-state index contributed by atoms with van der Waals surface area (Å²) < 4.78 is 0. The van der Waals surface area contributed by atoms with Crippen molar-refractivity contribution in [1.82, 2.24) is 4.90 Å². The van der Waals surface area contributed by atoms with Crippen LogP contribution in [0.5, 0.6) is 0 Å². The SMILES string of the molecule is CC(C)N(Cc1ccccc1)CC(C)(O)C(=O)O. The normalized spacial score (nSPS) is 14.8. The van der Waals surface area contributed by atoms with Crippen LogP contribution in [0.4, 0.5) is 0 Å². The van der Waals surface area contributed by atoms with Gasteiger partial charge in [-0.25, -0.2) is 4.79 Å². The molecule has 18 heavy (non-hydrogen) atoms. The minimum Gasteiger partial charge on any atom is -0.479 e. The second-order valence-corrected chi connectivity index (χ2v) is 5.06. The Bertz CT molecular complexity index is 387. The molecule has 1 aromatic rings. The number of benzene rings is 1. The Kier molecular flexibility index (Phi) is 4.87. The molecule has 0 fully saturated rings. The van der Waals surface area contributed by atoms with Crippen LogP contribution in [-0.2, 0) is 11.3 Å². The summed E-state index contributed by atoms with van der Waals surface area (Å²) in [6, 6.07) is 9.98. The lowest BCUT2D eigenvalue weighted by molar-refractivity contribution is -0.159. The predicted molar refractivity (Wildman–Crippen MR) is 70.2 cm³/mol. The van der Waals surface area contributed by atoms with Crippen molar-refractivity contribution < 1.29 is 15.0 Å². The van der Waals surface area contributed by atoms with Gasteiger partial charge < -0.3 is 10.2 Å². The van der Waals surface area contributed by atoms with E-state index in [1.54, 1.807) is 0 Å². The molecule has 0 aliphatic rings. The Morgan fingerprint density at radius 1 is 1.33 bits per heavy atom. The first-order valence-corrected chi connectivity index (χ1v) is 6.06. The van der Waals surface area contributed by atoms with Crippen LogP contribution in [0.3, 0.4) is 0 Å². The second-order valence-electron chi connectivity index (χ2n) is 5.06. The third-order valence-electron chi connectivity index (χ3n) is 2.93. The maximum atomic E-state index is 11.0. The van der Waals surface area contributed by atoms with Gasteiger partial charge >= 0.3 is 5.97 Å². The molecule has 0 radical (unpaired) electrons. The quantitative estimate of drug-likeness (QED) is 0.808. The van der Waals surface area contributed by atoms with Crippen LogP contribution in [0.2, 0.25) is 0 Å². The van der Waals surface area contributed by atoms with Gasteiger partial charge in [0.05, 0.1) is 0 Å². The van der Waals surface area contributed by atoms with Crippen molar-refractivity contribution in [3.8, 4) is 0 Å². The number of aliphatic carboxylic acids is 1. The molecule has 1 aromatic carbocycles. The number of aliphatic hydroxyl groups is 1. The van der Waals surface area contributed by atoms with Crippen LogP contribution in [0.15, 0.2) is 30.3 Å². The first kappa shape index (κ1) is 14.7. The molecule has 4 nitrogen and oxygen atoms in total. The van der Waals surface area contributed by atoms with E-state index in [-0.39, 0.29) is 12.6 Å². The standard InChI is InChI=1S/C14H21NO3/c1-11(2)15(10-14(3,18)13(16)17)9-12-7-5-4-6-8-12/h4-8,11,18H,9-10H2,1-3H3,(H,16,17). The summed E-state index contributed by atoms with van der Waals surface area (Å²) in [6.45, 7) is 6.04. The van der Waals surface area contributed by atoms with Crippen molar-refractivity contribution in [1.29, 1.82) is 0 Å². The molecular formula is C14H21NO3. The Balaban J connectivity index is 2.76. The van der Waals surface area contributed by atoms with Crippen LogP contribution in [-0.4, -0.2) is 39.3 Å². The molecule has 2 N–H and O–H groups in total. The molecular weight excluding hydrogens is 230 g/mol. The lowest BCUT2D eigenvalue weighted by Gasteiger charge is -2.31. The lowest BCUT2D eigenvalue weighted by Crippen LogP contribution is -2.48. The van der Waals surface area contributed by atoms with E-state index in [1.807, 2.05) is 49.1 Å². The average molecular weight is 251 g/mol. The summed E-state index contributed by atoms with van der Waals surface area (Å²) >= 11 is 0. The van der Waals surface area contributed by atoms with Crippen LogP contribution >= 0.6 is 0 Å². The number of carbonyl (C=O) groups is 1. The Hall–Kier alpha value is -1.39. The van der Waals surface area contributed by atoms with E-state index in [9.17, 15) is 9.90 Å². The highest BCUT2D eigenvalue weighted by Gasteiger charge is 2.33. The monoisotopic (exact) mass is 251 g/mol. The summed E-state index contributed by atoms with van der Waals surface area (Å²) in [4.78, 5) is 12.9. The highest BCUT2D eigenvalue weighted by atomic mass is 16.4. The van der Waals surface area contributed by atoms with Crippen molar-refractivity contribution in [3.63, 3.8) is 0 Å². The predicted octanol–water partition coefficient (Wildman–Crippen LogP) is 1.73. The molecule has 1 atom stereocenters. The van der Waals surface area contributed by atoms with E-state index in [0.717, 1.165) is 5.56 Å². The summed E-state index contributed by atoms with van der Waals surface area (Å²) in [5.74, 6) is -1.19. The molecule has 0 aliphatic heterocycles. The van der Waals surface area contributed by atoms with Gasteiger partial charge in [-0.2, -0.15) is 0 Å².